The summed E-state index contributed by atoms with van der Waals surface area (Å²) < 4.78 is 0.0350. The Morgan fingerprint density at radius 3 is 2.80 bits per heavy atom. The summed E-state index contributed by atoms with van der Waals surface area (Å²) in [5.41, 5.74) is 0. The zero-order valence-electron chi connectivity index (χ0n) is 5.47. The van der Waals surface area contributed by atoms with E-state index in [1.54, 1.807) is 27.5 Å². The van der Waals surface area contributed by atoms with Crippen molar-refractivity contribution < 1.29 is 9.59 Å². The number of carbonyl (C=O) groups excluding carboxylic acids is 2. The molecule has 1 aliphatic heterocycles. The molecule has 0 spiro atoms. The highest BCUT2D eigenvalue weighted by molar-refractivity contribution is 14.1. The largest absolute Gasteiger partial charge is 0.335 e. The highest BCUT2D eigenvalue weighted by Crippen LogP contribution is 2.09. The lowest BCUT2D eigenvalue weighted by molar-refractivity contribution is -0.129. The number of hydrogen-bond acceptors (Lipinski definition) is 2. The van der Waals surface area contributed by atoms with Gasteiger partial charge in [-0.2, -0.15) is 0 Å². The fraction of sp³-hybridized carbons (Fsp3) is 0.667. The summed E-state index contributed by atoms with van der Waals surface area (Å²) in [4.78, 5) is 23.0. The van der Waals surface area contributed by atoms with Crippen LogP contribution in [0.1, 0.15) is 12.8 Å². The van der Waals surface area contributed by atoms with Crippen molar-refractivity contribution in [2.75, 3.05) is 13.1 Å². The second-order valence-corrected chi connectivity index (χ2v) is 3.48. The van der Waals surface area contributed by atoms with Crippen molar-refractivity contribution in [2.45, 2.75) is 12.8 Å². The van der Waals surface area contributed by atoms with Crippen LogP contribution in [0.5, 0.6) is 0 Å². The molecule has 1 rings (SSSR count). The summed E-state index contributed by atoms with van der Waals surface area (Å²) in [6.07, 6.45) is 1.52. The van der Waals surface area contributed by atoms with Crippen LogP contribution in [0.3, 0.4) is 0 Å². The van der Waals surface area contributed by atoms with Crippen LogP contribution in [0.15, 0.2) is 0 Å². The van der Waals surface area contributed by atoms with Gasteiger partial charge in [0.15, 0.2) is 0 Å². The van der Waals surface area contributed by atoms with Crippen LogP contribution < -0.4 is 0 Å². The number of nitrogens with zero attached hydrogens (tertiary/aromatic N) is 1. The maximum Gasteiger partial charge on any atom is 0.223 e. The van der Waals surface area contributed by atoms with Gasteiger partial charge in [-0.1, -0.05) is 0 Å². The molecule has 3 nitrogen and oxygen atoms in total. The van der Waals surface area contributed by atoms with E-state index in [9.17, 15) is 9.59 Å². The highest BCUT2D eigenvalue weighted by atomic mass is 127. The normalized spacial score (nSPS) is 18.1. The molecule has 0 aromatic rings. The van der Waals surface area contributed by atoms with Crippen molar-refractivity contribution >= 4 is 32.3 Å². The second-order valence-electron chi connectivity index (χ2n) is 2.27. The topological polar surface area (TPSA) is 37.4 Å². The molecule has 1 saturated heterocycles. The minimum absolute atomic E-state index is 0.0350. The predicted octanol–water partition coefficient (Wildman–Crippen LogP) is 0.570. The fourth-order valence-electron chi connectivity index (χ4n) is 1.02. The Morgan fingerprint density at radius 2 is 2.40 bits per heavy atom. The molecule has 0 radical (unpaired) electrons. The minimum atomic E-state index is 0.0350. The Labute approximate surface area is 72.9 Å². The van der Waals surface area contributed by atoms with Crippen LogP contribution >= 0.6 is 22.6 Å². The second kappa shape index (κ2) is 3.32. The van der Waals surface area contributed by atoms with Gasteiger partial charge in [-0.25, -0.2) is 0 Å². The Balaban J connectivity index is 2.40. The minimum Gasteiger partial charge on any atom is -0.335 e. The van der Waals surface area contributed by atoms with E-state index in [2.05, 4.69) is 0 Å². The highest BCUT2D eigenvalue weighted by Gasteiger charge is 2.20. The van der Waals surface area contributed by atoms with Gasteiger partial charge in [-0.15, -0.1) is 0 Å². The molecule has 0 bridgehead atoms. The molecule has 1 heterocycles. The first-order chi connectivity index (χ1) is 4.70. The molecule has 0 saturated carbocycles. The van der Waals surface area contributed by atoms with E-state index >= 15 is 0 Å². The van der Waals surface area contributed by atoms with Crippen LogP contribution in [0.4, 0.5) is 0 Å². The lowest BCUT2D eigenvalue weighted by atomic mass is 10.4. The summed E-state index contributed by atoms with van der Waals surface area (Å²) >= 11 is 1.71. The molecule has 0 aliphatic carbocycles. The number of likely N-dealkylation sites (tertiary alicyclic amines) is 1. The molecule has 56 valence electrons. The van der Waals surface area contributed by atoms with Gasteiger partial charge in [-0.3, -0.25) is 9.59 Å². The number of rotatable bonds is 2. The summed E-state index contributed by atoms with van der Waals surface area (Å²) in [5, 5.41) is 0. The lowest BCUT2D eigenvalue weighted by Crippen LogP contribution is -2.28. The standard InChI is InChI=1S/C6H8INO2/c7-5(9)4-8-3-1-2-6(8)10/h1-4H2. The Bertz CT molecular complexity index is 169. The number of amides is 1. The lowest BCUT2D eigenvalue weighted by Gasteiger charge is -2.11. The van der Waals surface area contributed by atoms with E-state index < -0.39 is 0 Å². The van der Waals surface area contributed by atoms with Gasteiger partial charge in [-0.05, 0) is 6.42 Å². The van der Waals surface area contributed by atoms with Crippen molar-refractivity contribution in [3.05, 3.63) is 0 Å². The third kappa shape index (κ3) is 1.93. The van der Waals surface area contributed by atoms with Crippen molar-refractivity contribution in [3.63, 3.8) is 0 Å². The van der Waals surface area contributed by atoms with Crippen LogP contribution in [0, 0.1) is 0 Å². The monoisotopic (exact) mass is 253 g/mol. The van der Waals surface area contributed by atoms with Crippen molar-refractivity contribution in [1.82, 2.24) is 4.90 Å². The molecule has 0 atom stereocenters. The van der Waals surface area contributed by atoms with Gasteiger partial charge >= 0.3 is 0 Å². The van der Waals surface area contributed by atoms with E-state index in [-0.39, 0.29) is 9.70 Å². The first kappa shape index (κ1) is 7.97. The Morgan fingerprint density at radius 1 is 1.70 bits per heavy atom. The molecule has 1 fully saturated rings. The molecule has 4 heteroatoms. The SMILES string of the molecule is O=C(I)CN1CCCC1=O. The molecule has 0 N–H and O–H groups in total. The van der Waals surface area contributed by atoms with Gasteiger partial charge in [0.1, 0.15) is 0 Å². The first-order valence-corrected chi connectivity index (χ1v) is 4.24. The van der Waals surface area contributed by atoms with E-state index in [1.807, 2.05) is 0 Å². The quantitative estimate of drug-likeness (QED) is 0.533. The van der Waals surface area contributed by atoms with Crippen LogP contribution in [0.2, 0.25) is 0 Å². The molecule has 0 aromatic heterocycles. The number of carbonyl (C=O) groups is 2. The average Bonchev–Trinajstić information content (AvgIpc) is 2.15. The van der Waals surface area contributed by atoms with Crippen LogP contribution in [-0.4, -0.2) is 27.7 Å². The molecule has 1 aliphatic rings. The van der Waals surface area contributed by atoms with Crippen LogP contribution in [0.25, 0.3) is 0 Å². The van der Waals surface area contributed by atoms with Gasteiger partial charge in [0.25, 0.3) is 0 Å². The van der Waals surface area contributed by atoms with Gasteiger partial charge in [0.2, 0.25) is 9.70 Å². The zero-order chi connectivity index (χ0) is 7.56. The van der Waals surface area contributed by atoms with E-state index in [4.69, 9.17) is 0 Å². The Kier molecular flexibility index (Phi) is 2.64. The molecule has 0 unspecified atom stereocenters. The molecular weight excluding hydrogens is 245 g/mol. The fourth-order valence-corrected chi connectivity index (χ4v) is 1.43. The van der Waals surface area contributed by atoms with Crippen molar-refractivity contribution in [2.24, 2.45) is 0 Å². The maximum atomic E-state index is 10.9. The molecule has 10 heavy (non-hydrogen) atoms. The van der Waals surface area contributed by atoms with Crippen molar-refractivity contribution in [1.29, 1.82) is 0 Å². The van der Waals surface area contributed by atoms with Gasteiger partial charge < -0.3 is 4.90 Å². The van der Waals surface area contributed by atoms with Crippen LogP contribution in [-0.2, 0) is 9.59 Å². The Hall–Kier alpha value is -0.130. The number of hydrogen-bond donors (Lipinski definition) is 0. The summed E-state index contributed by atoms with van der Waals surface area (Å²) in [6.45, 7) is 1.05. The smallest absolute Gasteiger partial charge is 0.223 e. The average molecular weight is 253 g/mol. The zero-order valence-corrected chi connectivity index (χ0v) is 7.63. The molecule has 1 amide bonds. The van der Waals surface area contributed by atoms with Gasteiger partial charge in [0, 0.05) is 35.6 Å². The van der Waals surface area contributed by atoms with E-state index in [1.165, 1.54) is 0 Å². The number of halogens is 1. The predicted molar refractivity (Wildman–Crippen MR) is 44.8 cm³/mol. The summed E-state index contributed by atoms with van der Waals surface area (Å²) in [5.74, 6) is 0.116. The van der Waals surface area contributed by atoms with Crippen molar-refractivity contribution in [3.8, 4) is 0 Å². The van der Waals surface area contributed by atoms with Gasteiger partial charge in [0.05, 0.1) is 6.54 Å². The van der Waals surface area contributed by atoms with E-state index in [0.717, 1.165) is 13.0 Å². The summed E-state index contributed by atoms with van der Waals surface area (Å²) in [7, 11) is 0. The molecular formula is C6H8INO2. The third-order valence-electron chi connectivity index (χ3n) is 1.49. The maximum absolute atomic E-state index is 10.9. The van der Waals surface area contributed by atoms with E-state index in [0.29, 0.717) is 13.0 Å². The third-order valence-corrected chi connectivity index (χ3v) is 1.83. The first-order valence-electron chi connectivity index (χ1n) is 3.16. The summed E-state index contributed by atoms with van der Waals surface area (Å²) in [6, 6.07) is 0. The molecule has 0 aromatic carbocycles.